The molecule has 0 atom stereocenters. The zero-order valence-electron chi connectivity index (χ0n) is 3.96. The van der Waals surface area contributed by atoms with E-state index in [9.17, 15) is 0 Å². The molecular weight excluding hydrogens is 128 g/mol. The van der Waals surface area contributed by atoms with Crippen molar-refractivity contribution in [2.24, 2.45) is 11.5 Å². The van der Waals surface area contributed by atoms with Crippen LogP contribution in [0.25, 0.3) is 0 Å². The topological polar surface area (TPSA) is 52.0 Å². The molecule has 0 amide bonds. The molecule has 0 aliphatic rings. The fourth-order valence-corrected chi connectivity index (χ4v) is 0.471. The van der Waals surface area contributed by atoms with Crippen molar-refractivity contribution >= 4 is 25.3 Å². The molecule has 0 radical (unpaired) electrons. The van der Waals surface area contributed by atoms with E-state index in [1.54, 1.807) is 0 Å². The summed E-state index contributed by atoms with van der Waals surface area (Å²) >= 11 is 7.79. The minimum atomic E-state index is -0.686. The first-order valence-corrected chi connectivity index (χ1v) is 2.89. The highest BCUT2D eigenvalue weighted by Crippen LogP contribution is 2.13. The Balaban J connectivity index is 3.15. The molecule has 0 unspecified atom stereocenters. The van der Waals surface area contributed by atoms with Crippen molar-refractivity contribution in [3.63, 3.8) is 0 Å². The zero-order valence-corrected chi connectivity index (χ0v) is 5.75. The van der Waals surface area contributed by atoms with Gasteiger partial charge in [-0.25, -0.2) is 0 Å². The average Bonchev–Trinajstić information content (AvgIpc) is 1.30. The van der Waals surface area contributed by atoms with Crippen molar-refractivity contribution in [2.75, 3.05) is 6.54 Å². The SMILES string of the molecule is NCCC(N)(S)S. The smallest absolute Gasteiger partial charge is 0.104 e. The highest BCUT2D eigenvalue weighted by Gasteiger charge is 2.09. The standard InChI is InChI=1S/C3H10N2S2/c4-2-1-3(5,6)7/h6-7H,1-2,4-5H2. The Labute approximate surface area is 54.5 Å². The van der Waals surface area contributed by atoms with E-state index in [1.807, 2.05) is 0 Å². The van der Waals surface area contributed by atoms with Crippen LogP contribution in [0.2, 0.25) is 0 Å². The van der Waals surface area contributed by atoms with E-state index < -0.39 is 4.20 Å². The molecule has 7 heavy (non-hydrogen) atoms. The Morgan fingerprint density at radius 2 is 1.86 bits per heavy atom. The molecule has 44 valence electrons. The third kappa shape index (κ3) is 6.62. The predicted octanol–water partition coefficient (Wildman–Crippen LogP) is -0.193. The van der Waals surface area contributed by atoms with Gasteiger partial charge in [0, 0.05) is 0 Å². The minimum Gasteiger partial charge on any atom is -0.330 e. The van der Waals surface area contributed by atoms with Gasteiger partial charge >= 0.3 is 0 Å². The van der Waals surface area contributed by atoms with Crippen LogP contribution in [0.1, 0.15) is 6.42 Å². The molecule has 0 saturated carbocycles. The molecule has 4 N–H and O–H groups in total. The fraction of sp³-hybridized carbons (Fsp3) is 1.00. The van der Waals surface area contributed by atoms with Crippen molar-refractivity contribution in [1.82, 2.24) is 0 Å². The van der Waals surface area contributed by atoms with Crippen molar-refractivity contribution in [3.05, 3.63) is 0 Å². The Kier molecular flexibility index (Phi) is 3.06. The van der Waals surface area contributed by atoms with Crippen molar-refractivity contribution in [1.29, 1.82) is 0 Å². The van der Waals surface area contributed by atoms with E-state index in [-0.39, 0.29) is 0 Å². The van der Waals surface area contributed by atoms with Crippen LogP contribution < -0.4 is 11.5 Å². The van der Waals surface area contributed by atoms with Crippen LogP contribution in [-0.4, -0.2) is 10.7 Å². The lowest BCUT2D eigenvalue weighted by Gasteiger charge is -2.13. The second kappa shape index (κ2) is 2.81. The predicted molar refractivity (Wildman–Crippen MR) is 38.6 cm³/mol. The lowest BCUT2D eigenvalue weighted by Crippen LogP contribution is -2.28. The summed E-state index contributed by atoms with van der Waals surface area (Å²) in [5.41, 5.74) is 10.4. The second-order valence-electron chi connectivity index (χ2n) is 1.42. The Bertz CT molecular complexity index is 49.4. The molecule has 0 aliphatic heterocycles. The van der Waals surface area contributed by atoms with E-state index in [0.717, 1.165) is 0 Å². The average molecular weight is 138 g/mol. The number of rotatable bonds is 2. The van der Waals surface area contributed by atoms with E-state index >= 15 is 0 Å². The Morgan fingerprint density at radius 1 is 1.43 bits per heavy atom. The van der Waals surface area contributed by atoms with Gasteiger partial charge in [-0.3, -0.25) is 0 Å². The molecule has 0 fully saturated rings. The van der Waals surface area contributed by atoms with Crippen LogP contribution in [0.15, 0.2) is 0 Å². The van der Waals surface area contributed by atoms with Gasteiger partial charge in [-0.05, 0) is 13.0 Å². The first-order chi connectivity index (χ1) is 3.06. The van der Waals surface area contributed by atoms with Crippen LogP contribution in [0, 0.1) is 0 Å². The summed E-state index contributed by atoms with van der Waals surface area (Å²) in [5, 5.41) is 0. The summed E-state index contributed by atoms with van der Waals surface area (Å²) < 4.78 is -0.686. The van der Waals surface area contributed by atoms with E-state index in [4.69, 9.17) is 11.5 Å². The van der Waals surface area contributed by atoms with Crippen LogP contribution in [-0.2, 0) is 0 Å². The van der Waals surface area contributed by atoms with E-state index in [2.05, 4.69) is 25.3 Å². The van der Waals surface area contributed by atoms with Gasteiger partial charge in [-0.2, -0.15) is 0 Å². The van der Waals surface area contributed by atoms with Gasteiger partial charge in [0.05, 0.1) is 0 Å². The fourth-order valence-electron chi connectivity index (χ4n) is 0.212. The Hall–Kier alpha value is 0.620. The summed E-state index contributed by atoms with van der Waals surface area (Å²) in [7, 11) is 0. The van der Waals surface area contributed by atoms with E-state index in [1.165, 1.54) is 0 Å². The molecule has 0 rings (SSSR count). The lowest BCUT2D eigenvalue weighted by atomic mass is 10.4. The normalized spacial score (nSPS) is 12.0. The van der Waals surface area contributed by atoms with Crippen molar-refractivity contribution in [3.8, 4) is 0 Å². The van der Waals surface area contributed by atoms with Crippen molar-refractivity contribution in [2.45, 2.75) is 10.6 Å². The molecule has 0 saturated heterocycles. The van der Waals surface area contributed by atoms with Crippen LogP contribution in [0.5, 0.6) is 0 Å². The van der Waals surface area contributed by atoms with Crippen LogP contribution >= 0.6 is 25.3 Å². The monoisotopic (exact) mass is 138 g/mol. The molecule has 2 nitrogen and oxygen atoms in total. The van der Waals surface area contributed by atoms with Gasteiger partial charge in [0.2, 0.25) is 0 Å². The van der Waals surface area contributed by atoms with Crippen molar-refractivity contribution < 1.29 is 0 Å². The first-order valence-electron chi connectivity index (χ1n) is 2.00. The summed E-state index contributed by atoms with van der Waals surface area (Å²) in [6.07, 6.45) is 0.624. The quantitative estimate of drug-likeness (QED) is 0.316. The van der Waals surface area contributed by atoms with Gasteiger partial charge in [-0.15, -0.1) is 25.3 Å². The number of nitrogens with two attached hydrogens (primary N) is 2. The largest absolute Gasteiger partial charge is 0.330 e. The molecule has 0 aliphatic carbocycles. The molecule has 0 aromatic carbocycles. The summed E-state index contributed by atoms with van der Waals surface area (Å²) in [4.78, 5) is 0. The number of thiol groups is 2. The van der Waals surface area contributed by atoms with Gasteiger partial charge < -0.3 is 11.5 Å². The highest BCUT2D eigenvalue weighted by atomic mass is 32.2. The summed E-state index contributed by atoms with van der Waals surface area (Å²) in [6, 6.07) is 0. The third-order valence-corrected chi connectivity index (χ3v) is 0.959. The van der Waals surface area contributed by atoms with E-state index in [0.29, 0.717) is 13.0 Å². The summed E-state index contributed by atoms with van der Waals surface area (Å²) in [5.74, 6) is 0. The molecule has 0 aromatic heterocycles. The molecule has 0 heterocycles. The zero-order chi connectivity index (χ0) is 5.91. The van der Waals surface area contributed by atoms with Gasteiger partial charge in [0.25, 0.3) is 0 Å². The maximum absolute atomic E-state index is 5.29. The first kappa shape index (κ1) is 7.62. The third-order valence-electron chi connectivity index (χ3n) is 0.512. The maximum atomic E-state index is 5.29. The molecule has 4 heteroatoms. The lowest BCUT2D eigenvalue weighted by molar-refractivity contribution is 0.762. The van der Waals surface area contributed by atoms with Gasteiger partial charge in [0.1, 0.15) is 4.20 Å². The van der Waals surface area contributed by atoms with Gasteiger partial charge in [-0.1, -0.05) is 0 Å². The molecule has 0 aromatic rings. The molecule has 0 spiro atoms. The maximum Gasteiger partial charge on any atom is 0.104 e. The number of hydrogen-bond acceptors (Lipinski definition) is 4. The molecule has 0 bridgehead atoms. The molecular formula is C3H10N2S2. The van der Waals surface area contributed by atoms with Crippen LogP contribution in [0.4, 0.5) is 0 Å². The number of hydrogen-bond donors (Lipinski definition) is 4. The minimum absolute atomic E-state index is 0.531. The van der Waals surface area contributed by atoms with Crippen LogP contribution in [0.3, 0.4) is 0 Å². The second-order valence-corrected chi connectivity index (χ2v) is 3.37. The van der Waals surface area contributed by atoms with Gasteiger partial charge in [0.15, 0.2) is 0 Å². The highest BCUT2D eigenvalue weighted by molar-refractivity contribution is 8.00. The Morgan fingerprint density at radius 3 is 1.86 bits per heavy atom. The summed E-state index contributed by atoms with van der Waals surface area (Å²) in [6.45, 7) is 0.531.